The van der Waals surface area contributed by atoms with Gasteiger partial charge in [-0.25, -0.2) is 0 Å². The van der Waals surface area contributed by atoms with Gasteiger partial charge in [0.25, 0.3) is 0 Å². The van der Waals surface area contributed by atoms with Crippen molar-refractivity contribution in [3.8, 4) is 11.1 Å². The van der Waals surface area contributed by atoms with E-state index in [-0.39, 0.29) is 11.9 Å². The van der Waals surface area contributed by atoms with Crippen LogP contribution in [0.5, 0.6) is 0 Å². The zero-order valence-corrected chi connectivity index (χ0v) is 10.8. The SMILES string of the molecule is CCC(=O)O[CH]C1c2ccccc2-c2ccccc21. The normalized spacial score (nSPS) is 12.9. The summed E-state index contributed by atoms with van der Waals surface area (Å²) in [5.74, 6) is -0.148. The summed E-state index contributed by atoms with van der Waals surface area (Å²) in [4.78, 5) is 11.3. The van der Waals surface area contributed by atoms with E-state index in [9.17, 15) is 4.79 Å². The highest BCUT2D eigenvalue weighted by Gasteiger charge is 2.29. The van der Waals surface area contributed by atoms with Gasteiger partial charge in [0.05, 0.1) is 5.92 Å². The summed E-state index contributed by atoms with van der Waals surface area (Å²) in [5, 5.41) is 0. The van der Waals surface area contributed by atoms with Gasteiger partial charge in [0, 0.05) is 6.42 Å². The lowest BCUT2D eigenvalue weighted by molar-refractivity contribution is -0.140. The van der Waals surface area contributed by atoms with Crippen LogP contribution in [0.25, 0.3) is 11.1 Å². The molecule has 19 heavy (non-hydrogen) atoms. The van der Waals surface area contributed by atoms with Crippen molar-refractivity contribution >= 4 is 5.97 Å². The van der Waals surface area contributed by atoms with Gasteiger partial charge in [-0.2, -0.15) is 0 Å². The van der Waals surface area contributed by atoms with E-state index in [1.165, 1.54) is 22.3 Å². The van der Waals surface area contributed by atoms with Crippen LogP contribution in [0.2, 0.25) is 0 Å². The van der Waals surface area contributed by atoms with Gasteiger partial charge in [-0.05, 0) is 22.3 Å². The predicted octanol–water partition coefficient (Wildman–Crippen LogP) is 3.91. The molecule has 0 spiro atoms. The number of carbonyl (C=O) groups is 1. The minimum atomic E-state index is -0.193. The van der Waals surface area contributed by atoms with Gasteiger partial charge in [-0.3, -0.25) is 4.79 Å². The fraction of sp³-hybridized carbons (Fsp3) is 0.176. The molecule has 0 atom stereocenters. The maximum atomic E-state index is 11.3. The maximum Gasteiger partial charge on any atom is 0.305 e. The van der Waals surface area contributed by atoms with Gasteiger partial charge in [-0.15, -0.1) is 0 Å². The molecule has 0 fully saturated rings. The highest BCUT2D eigenvalue weighted by atomic mass is 16.5. The number of rotatable bonds is 3. The molecule has 1 aliphatic carbocycles. The molecule has 2 aromatic carbocycles. The fourth-order valence-corrected chi connectivity index (χ4v) is 2.57. The number of benzene rings is 2. The van der Waals surface area contributed by atoms with Crippen LogP contribution in [0, 0.1) is 6.61 Å². The number of hydrogen-bond donors (Lipinski definition) is 0. The third-order valence-electron chi connectivity index (χ3n) is 3.51. The first-order chi connectivity index (χ1) is 9.31. The Kier molecular flexibility index (Phi) is 3.08. The summed E-state index contributed by atoms with van der Waals surface area (Å²) in [7, 11) is 0. The Morgan fingerprint density at radius 3 is 2.11 bits per heavy atom. The first kappa shape index (κ1) is 12.0. The lowest BCUT2D eigenvalue weighted by atomic mass is 9.98. The molecule has 95 valence electrons. The van der Waals surface area contributed by atoms with E-state index in [0.29, 0.717) is 6.42 Å². The molecule has 0 unspecified atom stereocenters. The average Bonchev–Trinajstić information content (AvgIpc) is 2.79. The van der Waals surface area contributed by atoms with Crippen molar-refractivity contribution in [2.75, 3.05) is 0 Å². The molecule has 0 aliphatic heterocycles. The van der Waals surface area contributed by atoms with Crippen LogP contribution in [0.3, 0.4) is 0 Å². The van der Waals surface area contributed by atoms with Crippen molar-refractivity contribution in [2.24, 2.45) is 0 Å². The first-order valence-electron chi connectivity index (χ1n) is 6.52. The molecule has 0 bridgehead atoms. The highest BCUT2D eigenvalue weighted by molar-refractivity contribution is 5.79. The minimum absolute atomic E-state index is 0.0444. The average molecular weight is 251 g/mol. The summed E-state index contributed by atoms with van der Waals surface area (Å²) in [6.07, 6.45) is 0.395. The van der Waals surface area contributed by atoms with E-state index in [4.69, 9.17) is 4.74 Å². The molecule has 0 amide bonds. The largest absolute Gasteiger partial charge is 0.457 e. The fourth-order valence-electron chi connectivity index (χ4n) is 2.57. The molecule has 1 aliphatic rings. The summed E-state index contributed by atoms with van der Waals surface area (Å²) < 4.78 is 5.22. The topological polar surface area (TPSA) is 26.3 Å². The second-order valence-electron chi connectivity index (χ2n) is 4.63. The molecule has 2 heteroatoms. The van der Waals surface area contributed by atoms with E-state index in [2.05, 4.69) is 24.3 Å². The van der Waals surface area contributed by atoms with E-state index in [1.54, 1.807) is 13.5 Å². The molecule has 0 aromatic heterocycles. The van der Waals surface area contributed by atoms with Gasteiger partial charge in [0.2, 0.25) is 0 Å². The second kappa shape index (κ2) is 4.88. The zero-order valence-electron chi connectivity index (χ0n) is 10.8. The van der Waals surface area contributed by atoms with Crippen molar-refractivity contribution in [1.29, 1.82) is 0 Å². The molecule has 2 aromatic rings. The number of fused-ring (bicyclic) bond motifs is 3. The van der Waals surface area contributed by atoms with Crippen molar-refractivity contribution in [3.05, 3.63) is 66.3 Å². The quantitative estimate of drug-likeness (QED) is 0.773. The van der Waals surface area contributed by atoms with Crippen LogP contribution < -0.4 is 0 Å². The van der Waals surface area contributed by atoms with Crippen LogP contribution in [-0.4, -0.2) is 5.97 Å². The maximum absolute atomic E-state index is 11.3. The van der Waals surface area contributed by atoms with Crippen molar-refractivity contribution in [2.45, 2.75) is 19.3 Å². The lowest BCUT2D eigenvalue weighted by Gasteiger charge is -2.12. The summed E-state index contributed by atoms with van der Waals surface area (Å²) in [6.45, 7) is 3.46. The predicted molar refractivity (Wildman–Crippen MR) is 74.4 cm³/mol. The summed E-state index contributed by atoms with van der Waals surface area (Å²) >= 11 is 0. The Morgan fingerprint density at radius 2 is 1.58 bits per heavy atom. The van der Waals surface area contributed by atoms with Gasteiger partial charge in [0.1, 0.15) is 0 Å². The number of ether oxygens (including phenoxy) is 1. The summed E-state index contributed by atoms with van der Waals surface area (Å²) in [5.41, 5.74) is 4.86. The van der Waals surface area contributed by atoms with E-state index < -0.39 is 0 Å². The van der Waals surface area contributed by atoms with Crippen LogP contribution >= 0.6 is 0 Å². The van der Waals surface area contributed by atoms with Crippen molar-refractivity contribution in [1.82, 2.24) is 0 Å². The number of hydrogen-bond acceptors (Lipinski definition) is 2. The third-order valence-corrected chi connectivity index (χ3v) is 3.51. The Balaban J connectivity index is 1.98. The molecule has 0 heterocycles. The number of esters is 1. The van der Waals surface area contributed by atoms with Gasteiger partial charge < -0.3 is 4.74 Å². The Hall–Kier alpha value is -2.09. The van der Waals surface area contributed by atoms with Gasteiger partial charge in [0.15, 0.2) is 6.61 Å². The molecule has 1 radical (unpaired) electrons. The molecule has 3 rings (SSSR count). The smallest absolute Gasteiger partial charge is 0.305 e. The standard InChI is InChI=1S/C17H15O2/c1-2-17(18)19-11-16-14-9-5-3-7-12(14)13-8-4-6-10-15(13)16/h3-11,16H,2H2,1H3. The van der Waals surface area contributed by atoms with E-state index in [0.717, 1.165) is 0 Å². The van der Waals surface area contributed by atoms with Crippen molar-refractivity contribution < 1.29 is 9.53 Å². The number of carbonyl (C=O) groups excluding carboxylic acids is 1. The van der Waals surface area contributed by atoms with Crippen LogP contribution in [0.1, 0.15) is 30.4 Å². The Bertz CT molecular complexity index is 571. The van der Waals surface area contributed by atoms with E-state index in [1.807, 2.05) is 24.3 Å². The van der Waals surface area contributed by atoms with Crippen LogP contribution in [-0.2, 0) is 9.53 Å². The molecule has 0 saturated carbocycles. The van der Waals surface area contributed by atoms with Crippen LogP contribution in [0.15, 0.2) is 48.5 Å². The molecule has 2 nitrogen and oxygen atoms in total. The zero-order chi connectivity index (χ0) is 13.2. The molecular formula is C17H15O2. The molecular weight excluding hydrogens is 236 g/mol. The Morgan fingerprint density at radius 1 is 1.05 bits per heavy atom. The third kappa shape index (κ3) is 2.03. The minimum Gasteiger partial charge on any atom is -0.457 e. The lowest BCUT2D eigenvalue weighted by Crippen LogP contribution is -2.06. The Labute approximate surface area is 113 Å². The second-order valence-corrected chi connectivity index (χ2v) is 4.63. The van der Waals surface area contributed by atoms with Crippen LogP contribution in [0.4, 0.5) is 0 Å². The van der Waals surface area contributed by atoms with Gasteiger partial charge in [-0.1, -0.05) is 55.5 Å². The first-order valence-corrected chi connectivity index (χ1v) is 6.52. The van der Waals surface area contributed by atoms with Gasteiger partial charge >= 0.3 is 5.97 Å². The highest BCUT2D eigenvalue weighted by Crippen LogP contribution is 2.45. The van der Waals surface area contributed by atoms with E-state index >= 15 is 0 Å². The molecule has 0 saturated heterocycles. The van der Waals surface area contributed by atoms with Crippen molar-refractivity contribution in [3.63, 3.8) is 0 Å². The summed E-state index contributed by atoms with van der Waals surface area (Å²) in [6, 6.07) is 16.5. The monoisotopic (exact) mass is 251 g/mol. The molecule has 0 N–H and O–H groups in total.